The Morgan fingerprint density at radius 1 is 1.09 bits per heavy atom. The number of phenolic OH excluding ortho intramolecular Hbond substituents is 3. The van der Waals surface area contributed by atoms with Gasteiger partial charge in [0.15, 0.2) is 17.2 Å². The van der Waals surface area contributed by atoms with E-state index in [4.69, 9.17) is 11.6 Å². The highest BCUT2D eigenvalue weighted by molar-refractivity contribution is 6.35. The topological polar surface area (TPSA) is 89.8 Å². The lowest BCUT2D eigenvalue weighted by molar-refractivity contribution is -0.110. The number of hydrogen-bond donors (Lipinski definition) is 4. The van der Waals surface area contributed by atoms with Crippen LogP contribution < -0.4 is 5.32 Å². The van der Waals surface area contributed by atoms with E-state index in [1.165, 1.54) is 12.1 Å². The molecule has 6 heteroatoms. The van der Waals surface area contributed by atoms with Crippen LogP contribution in [0, 0.1) is 0 Å². The van der Waals surface area contributed by atoms with Crippen molar-refractivity contribution in [3.05, 3.63) is 47.0 Å². The summed E-state index contributed by atoms with van der Waals surface area (Å²) < 4.78 is 0. The minimum Gasteiger partial charge on any atom is -0.504 e. The zero-order chi connectivity index (χ0) is 16.6. The van der Waals surface area contributed by atoms with Gasteiger partial charge in [-0.1, -0.05) is 6.07 Å². The molecule has 4 N–H and O–H groups in total. The number of carbonyl (C=O) groups is 1. The third-order valence-corrected chi connectivity index (χ3v) is 3.84. The zero-order valence-corrected chi connectivity index (χ0v) is 12.8. The Balaban J connectivity index is 2.07. The van der Waals surface area contributed by atoms with Crippen LogP contribution in [0.25, 0.3) is 11.6 Å². The van der Waals surface area contributed by atoms with Crippen LogP contribution in [0.15, 0.2) is 30.3 Å². The van der Waals surface area contributed by atoms with E-state index < -0.39 is 17.2 Å². The molecule has 1 amide bonds. The van der Waals surface area contributed by atoms with Gasteiger partial charge in [-0.3, -0.25) is 4.79 Å². The Morgan fingerprint density at radius 2 is 1.78 bits per heavy atom. The predicted molar refractivity (Wildman–Crippen MR) is 88.8 cm³/mol. The van der Waals surface area contributed by atoms with Gasteiger partial charge in [-0.15, -0.1) is 11.6 Å². The molecular weight excluding hydrogens is 318 g/mol. The van der Waals surface area contributed by atoms with Crippen molar-refractivity contribution in [1.82, 2.24) is 0 Å². The van der Waals surface area contributed by atoms with Gasteiger partial charge in [-0.25, -0.2) is 0 Å². The number of carbonyl (C=O) groups excluding carboxylic acids is 1. The van der Waals surface area contributed by atoms with E-state index in [1.54, 1.807) is 6.08 Å². The maximum Gasteiger partial charge on any atom is 0.256 e. The average molecular weight is 332 g/mol. The monoisotopic (exact) mass is 331 g/mol. The molecule has 0 spiro atoms. The SMILES string of the molecule is O=C1Nc2ccc(CCCl)cc2C1=Cc1cc(O)c(O)c(O)c1. The summed E-state index contributed by atoms with van der Waals surface area (Å²) in [6.45, 7) is 0. The fraction of sp³-hybridized carbons (Fsp3) is 0.118. The van der Waals surface area contributed by atoms with Gasteiger partial charge in [-0.05, 0) is 47.9 Å². The standard InChI is InChI=1S/C17H14ClNO4/c18-4-3-9-1-2-13-11(5-9)12(17(23)19-13)6-10-7-14(20)16(22)15(21)8-10/h1-2,5-8,20-22H,3-4H2,(H,19,23). The van der Waals surface area contributed by atoms with E-state index in [2.05, 4.69) is 5.32 Å². The second-order valence-corrected chi connectivity index (χ2v) is 5.62. The van der Waals surface area contributed by atoms with Gasteiger partial charge in [0, 0.05) is 22.7 Å². The van der Waals surface area contributed by atoms with Crippen molar-refractivity contribution in [2.75, 3.05) is 11.2 Å². The maximum atomic E-state index is 12.2. The van der Waals surface area contributed by atoms with E-state index in [1.807, 2.05) is 18.2 Å². The minimum absolute atomic E-state index is 0.268. The summed E-state index contributed by atoms with van der Waals surface area (Å²) in [5, 5.41) is 31.3. The number of alkyl halides is 1. The summed E-state index contributed by atoms with van der Waals surface area (Å²) in [5.74, 6) is -1.28. The van der Waals surface area contributed by atoms with Crippen molar-refractivity contribution < 1.29 is 20.1 Å². The normalized spacial score (nSPS) is 14.8. The lowest BCUT2D eigenvalue weighted by Gasteiger charge is -2.05. The molecule has 1 heterocycles. The van der Waals surface area contributed by atoms with Crippen LogP contribution in [-0.2, 0) is 11.2 Å². The van der Waals surface area contributed by atoms with Crippen molar-refractivity contribution in [1.29, 1.82) is 0 Å². The van der Waals surface area contributed by atoms with Crippen LogP contribution in [0.2, 0.25) is 0 Å². The number of halogens is 1. The maximum absolute atomic E-state index is 12.2. The highest BCUT2D eigenvalue weighted by atomic mass is 35.5. The molecular formula is C17H14ClNO4. The van der Waals surface area contributed by atoms with Gasteiger partial charge in [0.05, 0.1) is 0 Å². The van der Waals surface area contributed by atoms with Crippen LogP contribution in [0.5, 0.6) is 17.2 Å². The molecule has 0 atom stereocenters. The smallest absolute Gasteiger partial charge is 0.256 e. The number of amides is 1. The number of aromatic hydroxyl groups is 3. The number of rotatable bonds is 3. The quantitative estimate of drug-likeness (QED) is 0.395. The highest BCUT2D eigenvalue weighted by Crippen LogP contribution is 2.38. The molecule has 2 aromatic rings. The van der Waals surface area contributed by atoms with Gasteiger partial charge in [0.2, 0.25) is 0 Å². The fourth-order valence-electron chi connectivity index (χ4n) is 2.52. The Labute approximate surface area is 137 Å². The molecule has 5 nitrogen and oxygen atoms in total. The molecule has 0 fully saturated rings. The summed E-state index contributed by atoms with van der Waals surface area (Å²) in [6, 6.07) is 8.16. The lowest BCUT2D eigenvalue weighted by atomic mass is 10.0. The van der Waals surface area contributed by atoms with Gasteiger partial charge >= 0.3 is 0 Å². The molecule has 0 radical (unpaired) electrons. The number of hydrogen-bond acceptors (Lipinski definition) is 4. The zero-order valence-electron chi connectivity index (χ0n) is 12.0. The Kier molecular flexibility index (Phi) is 3.88. The van der Waals surface area contributed by atoms with Gasteiger partial charge in [-0.2, -0.15) is 0 Å². The molecule has 0 saturated carbocycles. The summed E-state index contributed by atoms with van der Waals surface area (Å²) in [7, 11) is 0. The van der Waals surface area contributed by atoms with Crippen molar-refractivity contribution >= 4 is 34.8 Å². The minimum atomic E-state index is -0.590. The van der Waals surface area contributed by atoms with Crippen LogP contribution in [0.3, 0.4) is 0 Å². The average Bonchev–Trinajstić information content (AvgIpc) is 2.81. The number of phenols is 3. The Morgan fingerprint density at radius 3 is 2.43 bits per heavy atom. The number of nitrogens with one attached hydrogen (secondary N) is 1. The fourth-order valence-corrected chi connectivity index (χ4v) is 2.74. The summed E-state index contributed by atoms with van der Waals surface area (Å²) in [5.41, 5.74) is 3.27. The lowest BCUT2D eigenvalue weighted by Crippen LogP contribution is -2.03. The molecule has 23 heavy (non-hydrogen) atoms. The predicted octanol–water partition coefficient (Wildman–Crippen LogP) is 3.08. The molecule has 3 rings (SSSR count). The number of benzene rings is 2. The molecule has 2 aromatic carbocycles. The first kappa shape index (κ1) is 15.2. The molecule has 0 unspecified atom stereocenters. The first-order valence-corrected chi connectivity index (χ1v) is 7.50. The molecule has 0 aromatic heterocycles. The first-order chi connectivity index (χ1) is 11.0. The number of fused-ring (bicyclic) bond motifs is 1. The van der Waals surface area contributed by atoms with Gasteiger partial charge < -0.3 is 20.6 Å². The molecule has 118 valence electrons. The first-order valence-electron chi connectivity index (χ1n) is 6.97. The van der Waals surface area contributed by atoms with E-state index in [9.17, 15) is 20.1 Å². The van der Waals surface area contributed by atoms with E-state index in [-0.39, 0.29) is 5.91 Å². The van der Waals surface area contributed by atoms with Crippen molar-refractivity contribution in [2.45, 2.75) is 6.42 Å². The van der Waals surface area contributed by atoms with Crippen LogP contribution >= 0.6 is 11.6 Å². The van der Waals surface area contributed by atoms with Gasteiger partial charge in [0.25, 0.3) is 5.91 Å². The Hall–Kier alpha value is -2.66. The third kappa shape index (κ3) is 2.83. The van der Waals surface area contributed by atoms with E-state index in [0.717, 1.165) is 11.1 Å². The number of anilines is 1. The number of aryl methyl sites for hydroxylation is 1. The van der Waals surface area contributed by atoms with Crippen LogP contribution in [-0.4, -0.2) is 27.1 Å². The van der Waals surface area contributed by atoms with Crippen LogP contribution in [0.4, 0.5) is 5.69 Å². The van der Waals surface area contributed by atoms with Crippen molar-refractivity contribution in [3.63, 3.8) is 0 Å². The summed E-state index contributed by atoms with van der Waals surface area (Å²) in [4.78, 5) is 12.2. The second-order valence-electron chi connectivity index (χ2n) is 5.24. The Bertz CT molecular complexity index is 806. The van der Waals surface area contributed by atoms with Crippen molar-refractivity contribution in [2.24, 2.45) is 0 Å². The summed E-state index contributed by atoms with van der Waals surface area (Å²) >= 11 is 5.76. The highest BCUT2D eigenvalue weighted by Gasteiger charge is 2.24. The molecule has 0 saturated heterocycles. The van der Waals surface area contributed by atoms with E-state index >= 15 is 0 Å². The molecule has 1 aliphatic heterocycles. The van der Waals surface area contributed by atoms with Gasteiger partial charge in [0.1, 0.15) is 0 Å². The van der Waals surface area contributed by atoms with Crippen molar-refractivity contribution in [3.8, 4) is 17.2 Å². The second kappa shape index (κ2) is 5.85. The molecule has 0 aliphatic carbocycles. The third-order valence-electron chi connectivity index (χ3n) is 3.65. The molecule has 1 aliphatic rings. The van der Waals surface area contributed by atoms with E-state index in [0.29, 0.717) is 29.1 Å². The van der Waals surface area contributed by atoms with Crippen LogP contribution in [0.1, 0.15) is 16.7 Å². The summed E-state index contributed by atoms with van der Waals surface area (Å²) in [6.07, 6.45) is 2.24. The largest absolute Gasteiger partial charge is 0.504 e. The molecule has 0 bridgehead atoms.